The predicted octanol–water partition coefficient (Wildman–Crippen LogP) is 15.8. The first kappa shape index (κ1) is 34.0. The number of rotatable bonds is 8. The van der Waals surface area contributed by atoms with Crippen molar-refractivity contribution in [2.24, 2.45) is 0 Å². The standard InChI is InChI=1S/C56H39N/c1-3-13-40(14-4-1)42-25-27-43(28-26-42)44-33-35-50(36-34-44)57(51-20-11-18-47(37-51)41-15-5-2-6-16-41)52-21-12-19-48(38-52)45-29-31-46(32-30-45)56-39-49-17-7-8-22-53(49)54-23-9-10-24-55(54)56/h1-39H. The molecule has 0 amide bonds. The highest BCUT2D eigenvalue weighted by Crippen LogP contribution is 2.40. The van der Waals surface area contributed by atoms with Gasteiger partial charge >= 0.3 is 0 Å². The van der Waals surface area contributed by atoms with Crippen molar-refractivity contribution in [3.8, 4) is 55.6 Å². The van der Waals surface area contributed by atoms with Crippen LogP contribution in [0.5, 0.6) is 0 Å². The highest BCUT2D eigenvalue weighted by atomic mass is 15.1. The Labute approximate surface area is 334 Å². The van der Waals surface area contributed by atoms with Crippen molar-refractivity contribution in [1.82, 2.24) is 0 Å². The van der Waals surface area contributed by atoms with Gasteiger partial charge in [0.05, 0.1) is 0 Å². The fourth-order valence-electron chi connectivity index (χ4n) is 8.15. The average molecular weight is 726 g/mol. The Morgan fingerprint density at radius 1 is 0.211 bits per heavy atom. The molecule has 268 valence electrons. The van der Waals surface area contributed by atoms with Crippen LogP contribution in [0.4, 0.5) is 17.1 Å². The molecule has 10 aromatic rings. The molecule has 1 heteroatoms. The van der Waals surface area contributed by atoms with Gasteiger partial charge < -0.3 is 4.90 Å². The molecule has 1 nitrogen and oxygen atoms in total. The topological polar surface area (TPSA) is 3.24 Å². The maximum Gasteiger partial charge on any atom is 0.0467 e. The summed E-state index contributed by atoms with van der Waals surface area (Å²) < 4.78 is 0. The fourth-order valence-corrected chi connectivity index (χ4v) is 8.15. The van der Waals surface area contributed by atoms with Crippen molar-refractivity contribution in [2.45, 2.75) is 0 Å². The van der Waals surface area contributed by atoms with Crippen LogP contribution in [0, 0.1) is 0 Å². The van der Waals surface area contributed by atoms with E-state index in [0.717, 1.165) is 17.1 Å². The summed E-state index contributed by atoms with van der Waals surface area (Å²) in [5.41, 5.74) is 15.3. The summed E-state index contributed by atoms with van der Waals surface area (Å²) in [6.45, 7) is 0. The van der Waals surface area contributed by atoms with E-state index in [-0.39, 0.29) is 0 Å². The predicted molar refractivity (Wildman–Crippen MR) is 243 cm³/mol. The lowest BCUT2D eigenvalue weighted by atomic mass is 9.92. The first-order valence-electron chi connectivity index (χ1n) is 19.6. The lowest BCUT2D eigenvalue weighted by Crippen LogP contribution is -2.10. The summed E-state index contributed by atoms with van der Waals surface area (Å²) in [5, 5.41) is 5.10. The maximum absolute atomic E-state index is 2.37. The molecular formula is C56H39N. The van der Waals surface area contributed by atoms with E-state index in [0.29, 0.717) is 0 Å². The summed E-state index contributed by atoms with van der Waals surface area (Å²) >= 11 is 0. The highest BCUT2D eigenvalue weighted by molar-refractivity contribution is 6.13. The molecule has 0 fully saturated rings. The van der Waals surface area contributed by atoms with Crippen LogP contribution in [-0.4, -0.2) is 0 Å². The van der Waals surface area contributed by atoms with Crippen molar-refractivity contribution in [3.05, 3.63) is 237 Å². The van der Waals surface area contributed by atoms with Gasteiger partial charge in [0.25, 0.3) is 0 Å². The molecule has 0 spiro atoms. The van der Waals surface area contributed by atoms with Crippen LogP contribution < -0.4 is 4.90 Å². The molecule has 0 aliphatic heterocycles. The molecule has 57 heavy (non-hydrogen) atoms. The lowest BCUT2D eigenvalue weighted by Gasteiger charge is -2.27. The SMILES string of the molecule is c1ccc(-c2ccc(-c3ccc(N(c4cccc(-c5ccccc5)c4)c4cccc(-c5ccc(-c6cc7ccccc7c7ccccc67)cc5)c4)cc3)cc2)cc1. The average Bonchev–Trinajstić information content (AvgIpc) is 3.30. The van der Waals surface area contributed by atoms with E-state index in [9.17, 15) is 0 Å². The zero-order chi connectivity index (χ0) is 38.0. The van der Waals surface area contributed by atoms with E-state index in [1.165, 1.54) is 77.2 Å². The third-order valence-corrected chi connectivity index (χ3v) is 11.1. The zero-order valence-electron chi connectivity index (χ0n) is 31.5. The molecule has 0 bridgehead atoms. The van der Waals surface area contributed by atoms with Gasteiger partial charge in [-0.3, -0.25) is 0 Å². The third kappa shape index (κ3) is 6.77. The van der Waals surface area contributed by atoms with Gasteiger partial charge in [0.2, 0.25) is 0 Å². The molecule has 0 saturated heterocycles. The van der Waals surface area contributed by atoms with Crippen LogP contribution in [0.3, 0.4) is 0 Å². The molecule has 0 aliphatic rings. The summed E-state index contributed by atoms with van der Waals surface area (Å²) in [5.74, 6) is 0. The lowest BCUT2D eigenvalue weighted by molar-refractivity contribution is 1.28. The molecule has 0 aliphatic carbocycles. The van der Waals surface area contributed by atoms with Gasteiger partial charge in [-0.05, 0) is 120 Å². The van der Waals surface area contributed by atoms with E-state index in [4.69, 9.17) is 0 Å². The monoisotopic (exact) mass is 725 g/mol. The number of hydrogen-bond donors (Lipinski definition) is 0. The molecule has 0 aromatic heterocycles. The number of nitrogens with zero attached hydrogens (tertiary/aromatic N) is 1. The van der Waals surface area contributed by atoms with Crippen LogP contribution in [0.1, 0.15) is 0 Å². The van der Waals surface area contributed by atoms with Crippen LogP contribution in [-0.2, 0) is 0 Å². The Bertz CT molecular complexity index is 2970. The minimum absolute atomic E-state index is 1.10. The second-order valence-electron chi connectivity index (χ2n) is 14.6. The molecule has 10 rings (SSSR count). The van der Waals surface area contributed by atoms with E-state index >= 15 is 0 Å². The fraction of sp³-hybridized carbons (Fsp3) is 0. The zero-order valence-corrected chi connectivity index (χ0v) is 31.5. The summed E-state index contributed by atoms with van der Waals surface area (Å²) in [6.07, 6.45) is 0. The molecular weight excluding hydrogens is 687 g/mol. The summed E-state index contributed by atoms with van der Waals surface area (Å²) in [4.78, 5) is 2.37. The van der Waals surface area contributed by atoms with Crippen LogP contribution in [0.2, 0.25) is 0 Å². The van der Waals surface area contributed by atoms with Crippen LogP contribution >= 0.6 is 0 Å². The Morgan fingerprint density at radius 2 is 0.596 bits per heavy atom. The molecule has 0 radical (unpaired) electrons. The van der Waals surface area contributed by atoms with E-state index in [1.54, 1.807) is 0 Å². The van der Waals surface area contributed by atoms with Gasteiger partial charge in [-0.1, -0.05) is 194 Å². The largest absolute Gasteiger partial charge is 0.310 e. The van der Waals surface area contributed by atoms with E-state index < -0.39 is 0 Å². The summed E-state index contributed by atoms with van der Waals surface area (Å²) in [6, 6.07) is 85.5. The maximum atomic E-state index is 2.37. The molecule has 0 saturated carbocycles. The number of anilines is 3. The molecule has 0 N–H and O–H groups in total. The van der Waals surface area contributed by atoms with Crippen LogP contribution in [0.15, 0.2) is 237 Å². The van der Waals surface area contributed by atoms with E-state index in [1.807, 2.05) is 0 Å². The Balaban J connectivity index is 1.01. The normalized spacial score (nSPS) is 11.2. The quantitative estimate of drug-likeness (QED) is 0.141. The third-order valence-electron chi connectivity index (χ3n) is 11.1. The van der Waals surface area contributed by atoms with Gasteiger partial charge in [-0.15, -0.1) is 0 Å². The van der Waals surface area contributed by atoms with Crippen molar-refractivity contribution < 1.29 is 0 Å². The molecule has 0 heterocycles. The first-order chi connectivity index (χ1) is 28.2. The smallest absolute Gasteiger partial charge is 0.0467 e. The van der Waals surface area contributed by atoms with Crippen molar-refractivity contribution >= 4 is 38.6 Å². The number of hydrogen-bond acceptors (Lipinski definition) is 1. The highest BCUT2D eigenvalue weighted by Gasteiger charge is 2.16. The van der Waals surface area contributed by atoms with Crippen molar-refractivity contribution in [1.29, 1.82) is 0 Å². The minimum atomic E-state index is 1.10. The Morgan fingerprint density at radius 3 is 1.16 bits per heavy atom. The van der Waals surface area contributed by atoms with Gasteiger partial charge in [-0.25, -0.2) is 0 Å². The number of benzene rings is 10. The van der Waals surface area contributed by atoms with Gasteiger partial charge in [0, 0.05) is 17.1 Å². The number of fused-ring (bicyclic) bond motifs is 3. The molecule has 10 aromatic carbocycles. The Hall–Kier alpha value is -7.48. The van der Waals surface area contributed by atoms with Crippen LogP contribution in [0.25, 0.3) is 77.2 Å². The first-order valence-corrected chi connectivity index (χ1v) is 19.6. The Kier molecular flexibility index (Phi) is 8.95. The molecule has 0 atom stereocenters. The van der Waals surface area contributed by atoms with Gasteiger partial charge in [-0.2, -0.15) is 0 Å². The minimum Gasteiger partial charge on any atom is -0.310 e. The van der Waals surface area contributed by atoms with Gasteiger partial charge in [0.1, 0.15) is 0 Å². The molecule has 0 unspecified atom stereocenters. The van der Waals surface area contributed by atoms with Gasteiger partial charge in [0.15, 0.2) is 0 Å². The van der Waals surface area contributed by atoms with Crippen molar-refractivity contribution in [2.75, 3.05) is 4.90 Å². The van der Waals surface area contributed by atoms with E-state index in [2.05, 4.69) is 241 Å². The summed E-state index contributed by atoms with van der Waals surface area (Å²) in [7, 11) is 0. The second kappa shape index (κ2) is 15.0. The van der Waals surface area contributed by atoms with Crippen molar-refractivity contribution in [3.63, 3.8) is 0 Å². The second-order valence-corrected chi connectivity index (χ2v) is 14.6.